The Kier molecular flexibility index (Phi) is 7.51. The molecular formula is C20H21Cl2NO4. The van der Waals surface area contributed by atoms with Gasteiger partial charge in [0, 0.05) is 10.7 Å². The molecule has 0 saturated carbocycles. The summed E-state index contributed by atoms with van der Waals surface area (Å²) in [6, 6.07) is 9.85. The summed E-state index contributed by atoms with van der Waals surface area (Å²) in [7, 11) is 0. The maximum atomic E-state index is 12.6. The predicted octanol–water partition coefficient (Wildman–Crippen LogP) is 5.27. The topological polar surface area (TPSA) is 64.6 Å². The molecule has 27 heavy (non-hydrogen) atoms. The van der Waals surface area contributed by atoms with Crippen LogP contribution in [0.3, 0.4) is 0 Å². The lowest BCUT2D eigenvalue weighted by molar-refractivity contribution is -0.122. The molecule has 1 N–H and O–H groups in total. The zero-order valence-corrected chi connectivity index (χ0v) is 16.9. The Morgan fingerprint density at radius 2 is 1.78 bits per heavy atom. The van der Waals surface area contributed by atoms with Crippen molar-refractivity contribution < 1.29 is 19.1 Å². The molecule has 0 unspecified atom stereocenters. The minimum atomic E-state index is -0.702. The van der Waals surface area contributed by atoms with Gasteiger partial charge in [-0.2, -0.15) is 0 Å². The molecule has 0 aromatic heterocycles. The van der Waals surface area contributed by atoms with Crippen LogP contribution in [0.4, 0.5) is 5.69 Å². The number of anilines is 1. The van der Waals surface area contributed by atoms with E-state index >= 15 is 0 Å². The summed E-state index contributed by atoms with van der Waals surface area (Å²) in [5.74, 6) is -0.317. The summed E-state index contributed by atoms with van der Waals surface area (Å²) in [6.07, 6.45) is -0.237. The summed E-state index contributed by atoms with van der Waals surface area (Å²) >= 11 is 12.1. The molecule has 0 aliphatic carbocycles. The lowest BCUT2D eigenvalue weighted by atomic mass is 10.2. The van der Waals surface area contributed by atoms with Crippen molar-refractivity contribution in [2.75, 3.05) is 11.9 Å². The number of benzene rings is 2. The second-order valence-corrected chi connectivity index (χ2v) is 6.64. The van der Waals surface area contributed by atoms with Gasteiger partial charge in [-0.25, -0.2) is 4.79 Å². The number of halogens is 2. The lowest BCUT2D eigenvalue weighted by Crippen LogP contribution is -2.32. The molecule has 0 heterocycles. The van der Waals surface area contributed by atoms with Crippen molar-refractivity contribution in [2.45, 2.75) is 33.3 Å². The van der Waals surface area contributed by atoms with Crippen LogP contribution < -0.4 is 10.1 Å². The van der Waals surface area contributed by atoms with Crippen LogP contribution in [-0.4, -0.2) is 24.6 Å². The standard InChI is InChI=1S/C20H21Cl2NO4/c1-4-18(27-14-7-9-16(21)12(3)10-14)19(24)23-13-6-8-17(22)15(11-13)20(25)26-5-2/h6-11,18H,4-5H2,1-3H3,(H,23,24)/t18-/m0/s1. The van der Waals surface area contributed by atoms with Crippen LogP contribution in [0.5, 0.6) is 5.75 Å². The van der Waals surface area contributed by atoms with Crippen molar-refractivity contribution in [1.29, 1.82) is 0 Å². The van der Waals surface area contributed by atoms with Gasteiger partial charge in [-0.05, 0) is 62.2 Å². The predicted molar refractivity (Wildman–Crippen MR) is 107 cm³/mol. The van der Waals surface area contributed by atoms with E-state index in [1.165, 1.54) is 12.1 Å². The molecule has 2 aromatic rings. The fourth-order valence-corrected chi connectivity index (χ4v) is 2.68. The number of carbonyl (C=O) groups is 2. The first-order chi connectivity index (χ1) is 12.8. The van der Waals surface area contributed by atoms with Crippen LogP contribution in [0.25, 0.3) is 0 Å². The molecule has 0 radical (unpaired) electrons. The van der Waals surface area contributed by atoms with Gasteiger partial charge in [0.25, 0.3) is 5.91 Å². The fourth-order valence-electron chi connectivity index (χ4n) is 2.37. The molecule has 0 fully saturated rings. The van der Waals surface area contributed by atoms with E-state index in [9.17, 15) is 9.59 Å². The molecule has 0 aliphatic rings. The number of aryl methyl sites for hydroxylation is 1. The van der Waals surface area contributed by atoms with Crippen molar-refractivity contribution in [3.63, 3.8) is 0 Å². The number of rotatable bonds is 7. The van der Waals surface area contributed by atoms with Gasteiger partial charge >= 0.3 is 5.97 Å². The second-order valence-electron chi connectivity index (χ2n) is 5.83. The van der Waals surface area contributed by atoms with E-state index in [2.05, 4.69) is 5.32 Å². The summed E-state index contributed by atoms with van der Waals surface area (Å²) in [5.41, 5.74) is 1.49. The molecule has 1 atom stereocenters. The van der Waals surface area contributed by atoms with Crippen molar-refractivity contribution in [2.24, 2.45) is 0 Å². The van der Waals surface area contributed by atoms with Crippen LogP contribution in [0.2, 0.25) is 10.0 Å². The first kappa shape index (κ1) is 21.1. The van der Waals surface area contributed by atoms with Gasteiger partial charge in [0.15, 0.2) is 6.10 Å². The average Bonchev–Trinajstić information content (AvgIpc) is 2.64. The van der Waals surface area contributed by atoms with E-state index in [0.29, 0.717) is 22.9 Å². The van der Waals surface area contributed by atoms with Crippen molar-refractivity contribution in [3.8, 4) is 5.75 Å². The smallest absolute Gasteiger partial charge is 0.339 e. The second kappa shape index (κ2) is 9.62. The Hall–Kier alpha value is -2.24. The van der Waals surface area contributed by atoms with Gasteiger partial charge in [0.2, 0.25) is 0 Å². The van der Waals surface area contributed by atoms with Crippen molar-refractivity contribution in [3.05, 3.63) is 57.6 Å². The molecule has 2 aromatic carbocycles. The SMILES string of the molecule is CCOC(=O)c1cc(NC(=O)[C@H](CC)Oc2ccc(Cl)c(C)c2)ccc1Cl. The number of esters is 1. The van der Waals surface area contributed by atoms with E-state index in [0.717, 1.165) is 5.56 Å². The molecule has 7 heteroatoms. The molecular weight excluding hydrogens is 389 g/mol. The maximum absolute atomic E-state index is 12.6. The Bertz CT molecular complexity index is 839. The van der Waals surface area contributed by atoms with Crippen LogP contribution in [-0.2, 0) is 9.53 Å². The number of hydrogen-bond acceptors (Lipinski definition) is 4. The van der Waals surface area contributed by atoms with E-state index in [1.807, 2.05) is 13.8 Å². The lowest BCUT2D eigenvalue weighted by Gasteiger charge is -2.18. The first-order valence-electron chi connectivity index (χ1n) is 8.56. The largest absolute Gasteiger partial charge is 0.481 e. The van der Waals surface area contributed by atoms with Gasteiger partial charge in [-0.3, -0.25) is 4.79 Å². The molecule has 0 bridgehead atoms. The number of ether oxygens (including phenoxy) is 2. The third-order valence-electron chi connectivity index (χ3n) is 3.80. The van der Waals surface area contributed by atoms with Crippen LogP contribution in [0.1, 0.15) is 36.2 Å². The zero-order valence-electron chi connectivity index (χ0n) is 15.3. The molecule has 144 valence electrons. The summed E-state index contributed by atoms with van der Waals surface area (Å²) in [5, 5.41) is 3.64. The van der Waals surface area contributed by atoms with Gasteiger partial charge in [0.05, 0.1) is 17.2 Å². The molecule has 0 saturated heterocycles. The molecule has 2 rings (SSSR count). The third-order valence-corrected chi connectivity index (χ3v) is 4.55. The molecule has 1 amide bonds. The summed E-state index contributed by atoms with van der Waals surface area (Å²) in [6.45, 7) is 5.65. The van der Waals surface area contributed by atoms with E-state index < -0.39 is 12.1 Å². The fraction of sp³-hybridized carbons (Fsp3) is 0.300. The monoisotopic (exact) mass is 409 g/mol. The zero-order chi connectivity index (χ0) is 20.0. The third kappa shape index (κ3) is 5.62. The summed E-state index contributed by atoms with van der Waals surface area (Å²) < 4.78 is 10.8. The highest BCUT2D eigenvalue weighted by Crippen LogP contribution is 2.24. The van der Waals surface area contributed by atoms with Crippen molar-refractivity contribution in [1.82, 2.24) is 0 Å². The van der Waals surface area contributed by atoms with Crippen LogP contribution in [0, 0.1) is 6.92 Å². The number of amides is 1. The maximum Gasteiger partial charge on any atom is 0.339 e. The van der Waals surface area contributed by atoms with Gasteiger partial charge in [-0.15, -0.1) is 0 Å². The highest BCUT2D eigenvalue weighted by atomic mass is 35.5. The van der Waals surface area contributed by atoms with Gasteiger partial charge < -0.3 is 14.8 Å². The van der Waals surface area contributed by atoms with Gasteiger partial charge in [0.1, 0.15) is 5.75 Å². The molecule has 5 nitrogen and oxygen atoms in total. The Morgan fingerprint density at radius 3 is 2.41 bits per heavy atom. The number of hydrogen-bond donors (Lipinski definition) is 1. The minimum Gasteiger partial charge on any atom is -0.481 e. The van der Waals surface area contributed by atoms with E-state index in [-0.39, 0.29) is 23.1 Å². The minimum absolute atomic E-state index is 0.193. The summed E-state index contributed by atoms with van der Waals surface area (Å²) in [4.78, 5) is 24.5. The Balaban J connectivity index is 2.13. The van der Waals surface area contributed by atoms with Crippen molar-refractivity contribution >= 4 is 40.8 Å². The Morgan fingerprint density at radius 1 is 1.07 bits per heavy atom. The van der Waals surface area contributed by atoms with Crippen LogP contribution >= 0.6 is 23.2 Å². The van der Waals surface area contributed by atoms with E-state index in [1.54, 1.807) is 31.2 Å². The number of nitrogens with one attached hydrogen (secondary N) is 1. The molecule has 0 aliphatic heterocycles. The highest BCUT2D eigenvalue weighted by molar-refractivity contribution is 6.33. The Labute approximate surface area is 168 Å². The van der Waals surface area contributed by atoms with Crippen LogP contribution in [0.15, 0.2) is 36.4 Å². The first-order valence-corrected chi connectivity index (χ1v) is 9.31. The van der Waals surface area contributed by atoms with E-state index in [4.69, 9.17) is 32.7 Å². The molecule has 0 spiro atoms. The highest BCUT2D eigenvalue weighted by Gasteiger charge is 2.20. The van der Waals surface area contributed by atoms with Gasteiger partial charge in [-0.1, -0.05) is 30.1 Å². The number of carbonyl (C=O) groups excluding carboxylic acids is 2. The normalized spacial score (nSPS) is 11.6. The average molecular weight is 410 g/mol. The quantitative estimate of drug-likeness (QED) is 0.632.